The average molecular weight is 1240 g/mol. The largest absolute Gasteiger partial charge is 0.310 e. The van der Waals surface area contributed by atoms with Gasteiger partial charge in [-0.3, -0.25) is 0 Å². The zero-order valence-electron chi connectivity index (χ0n) is 52.9. The van der Waals surface area contributed by atoms with Gasteiger partial charge in [0.15, 0.2) is 0 Å². The van der Waals surface area contributed by atoms with E-state index in [0.29, 0.717) is 0 Å². The summed E-state index contributed by atoms with van der Waals surface area (Å²) in [6, 6.07) is 120. The molecule has 0 bridgehead atoms. The van der Waals surface area contributed by atoms with Crippen molar-refractivity contribution in [1.82, 2.24) is 0 Å². The van der Waals surface area contributed by atoms with Crippen molar-refractivity contribution in [3.63, 3.8) is 0 Å². The van der Waals surface area contributed by atoms with Crippen molar-refractivity contribution < 1.29 is 0 Å². The first kappa shape index (κ1) is 57.1. The molecule has 2 nitrogen and oxygen atoms in total. The minimum absolute atomic E-state index is 0.0799. The summed E-state index contributed by atoms with van der Waals surface area (Å²) in [6.07, 6.45) is 0. The Kier molecular flexibility index (Phi) is 14.0. The molecule has 2 aliphatic carbocycles. The van der Waals surface area contributed by atoms with Crippen LogP contribution >= 0.6 is 22.7 Å². The van der Waals surface area contributed by atoms with Crippen molar-refractivity contribution in [3.8, 4) is 66.8 Å². The average Bonchev–Trinajstić information content (AvgIpc) is 1.58. The van der Waals surface area contributed by atoms with Gasteiger partial charge in [0, 0.05) is 90.7 Å². The summed E-state index contributed by atoms with van der Waals surface area (Å²) in [6.45, 7) is 9.42. The van der Waals surface area contributed by atoms with Gasteiger partial charge in [-0.15, -0.1) is 22.7 Å². The van der Waals surface area contributed by atoms with Gasteiger partial charge in [0.25, 0.3) is 0 Å². The van der Waals surface area contributed by atoms with Crippen LogP contribution in [-0.2, 0) is 10.8 Å². The Balaban J connectivity index is 0.000000143. The topological polar surface area (TPSA) is 6.48 Å². The van der Waals surface area contributed by atoms with E-state index >= 15 is 0 Å². The molecule has 2 aliphatic rings. The number of nitrogens with zero attached hydrogens (tertiary/aromatic N) is 2. The Morgan fingerprint density at radius 2 is 0.585 bits per heavy atom. The molecule has 448 valence electrons. The second-order valence-electron chi connectivity index (χ2n) is 25.9. The first-order valence-corrected chi connectivity index (χ1v) is 34.2. The predicted octanol–water partition coefficient (Wildman–Crippen LogP) is 26.3. The van der Waals surface area contributed by atoms with Crippen molar-refractivity contribution in [2.75, 3.05) is 9.80 Å². The molecule has 0 amide bonds. The van der Waals surface area contributed by atoms with Gasteiger partial charge in [0.2, 0.25) is 0 Å². The molecule has 14 aromatic carbocycles. The number of hydrogen-bond acceptors (Lipinski definition) is 4. The number of thiophene rings is 2. The number of anilines is 6. The van der Waals surface area contributed by atoms with Crippen LogP contribution < -0.4 is 9.80 Å². The smallest absolute Gasteiger partial charge is 0.0540 e. The van der Waals surface area contributed by atoms with E-state index in [1.807, 2.05) is 22.7 Å². The van der Waals surface area contributed by atoms with Gasteiger partial charge in [-0.25, -0.2) is 0 Å². The normalized spacial score (nSPS) is 13.1. The molecule has 0 spiro atoms. The summed E-state index contributed by atoms with van der Waals surface area (Å²) in [4.78, 5) is 4.87. The Hall–Kier alpha value is -10.9. The standard InChI is InChI=1S/2C45H33NS/c1-45(2)40-20-9-6-15-34(40)35-28-27-33(29-41(35)45)46(32-25-23-31(24-26-32)30-13-4-3-5-14-30)42-21-10-7-16-36(42)38-18-12-19-39-37-17-8-11-22-43(37)47-44(38)39;1-45(2)41-20-8-6-16-37(41)38-27-26-35(29-42(38)45)46(33-24-22-31(23-25-33)30-12-4-3-5-13-30)34-15-10-14-32(28-34)36-18-11-19-40-39-17-7-9-21-43(39)47-44(36)40/h2*3-29H,1-2H3. The van der Waals surface area contributed by atoms with Crippen LogP contribution in [0.1, 0.15) is 49.9 Å². The number of fused-ring (bicyclic) bond motifs is 12. The van der Waals surface area contributed by atoms with Crippen LogP contribution in [0, 0.1) is 0 Å². The second-order valence-corrected chi connectivity index (χ2v) is 28.0. The van der Waals surface area contributed by atoms with E-state index in [0.717, 1.165) is 34.1 Å². The van der Waals surface area contributed by atoms with Crippen molar-refractivity contribution in [2.45, 2.75) is 38.5 Å². The summed E-state index contributed by atoms with van der Waals surface area (Å²) in [5, 5.41) is 5.28. The molecule has 16 aromatic rings. The Labute approximate surface area is 558 Å². The fraction of sp³-hybridized carbons (Fsp3) is 0.0667. The number of benzene rings is 14. The zero-order chi connectivity index (χ0) is 63.1. The third kappa shape index (κ3) is 9.66. The van der Waals surface area contributed by atoms with E-state index in [2.05, 4.69) is 365 Å². The maximum atomic E-state index is 2.45. The van der Waals surface area contributed by atoms with Gasteiger partial charge in [-0.1, -0.05) is 276 Å². The van der Waals surface area contributed by atoms with Crippen molar-refractivity contribution in [1.29, 1.82) is 0 Å². The van der Waals surface area contributed by atoms with Crippen LogP contribution in [0.2, 0.25) is 0 Å². The van der Waals surface area contributed by atoms with Gasteiger partial charge >= 0.3 is 0 Å². The summed E-state index contributed by atoms with van der Waals surface area (Å²) >= 11 is 3.77. The molecule has 18 rings (SSSR count). The Bertz CT molecular complexity index is 5560. The van der Waals surface area contributed by atoms with E-state index in [-0.39, 0.29) is 10.8 Å². The minimum atomic E-state index is -0.0903. The maximum absolute atomic E-state index is 2.45. The highest BCUT2D eigenvalue weighted by molar-refractivity contribution is 7.26. The first-order valence-electron chi connectivity index (χ1n) is 32.5. The molecule has 0 N–H and O–H groups in total. The highest BCUT2D eigenvalue weighted by Crippen LogP contribution is 2.54. The summed E-state index contributed by atoms with van der Waals surface area (Å²) in [5.74, 6) is 0. The molecule has 0 unspecified atom stereocenters. The molecule has 0 radical (unpaired) electrons. The lowest BCUT2D eigenvalue weighted by Gasteiger charge is -2.30. The van der Waals surface area contributed by atoms with Gasteiger partial charge < -0.3 is 9.80 Å². The molecule has 94 heavy (non-hydrogen) atoms. The molecule has 4 heteroatoms. The number of hydrogen-bond donors (Lipinski definition) is 0. The molecule has 0 aliphatic heterocycles. The molecule has 2 heterocycles. The van der Waals surface area contributed by atoms with Crippen molar-refractivity contribution in [3.05, 3.63) is 350 Å². The highest BCUT2D eigenvalue weighted by atomic mass is 32.1. The zero-order valence-corrected chi connectivity index (χ0v) is 54.5. The summed E-state index contributed by atoms with van der Waals surface area (Å²) < 4.78 is 5.31. The maximum Gasteiger partial charge on any atom is 0.0540 e. The van der Waals surface area contributed by atoms with Crippen LogP contribution in [0.5, 0.6) is 0 Å². The Morgan fingerprint density at radius 1 is 0.223 bits per heavy atom. The van der Waals surface area contributed by atoms with Crippen molar-refractivity contribution >= 4 is 97.1 Å². The minimum Gasteiger partial charge on any atom is -0.310 e. The van der Waals surface area contributed by atoms with E-state index in [1.165, 1.54) is 129 Å². The SMILES string of the molecule is CC1(C)c2ccccc2-c2ccc(N(c3ccc(-c4ccccc4)cc3)c3cccc(-c4cccc5c4sc4ccccc45)c3)cc21.CC1(C)c2ccccc2-c2ccc(N(c3ccc(-c4ccccc4)cc3)c3ccccc3-c3cccc4c3sc3ccccc34)cc21. The highest BCUT2D eigenvalue weighted by Gasteiger charge is 2.37. The summed E-state index contributed by atoms with van der Waals surface area (Å²) in [7, 11) is 0. The van der Waals surface area contributed by atoms with E-state index in [1.54, 1.807) is 0 Å². The molecular formula is C90H66N2S2. The van der Waals surface area contributed by atoms with Gasteiger partial charge in [0.05, 0.1) is 5.69 Å². The lowest BCUT2D eigenvalue weighted by Crippen LogP contribution is -2.16. The Morgan fingerprint density at radius 3 is 1.14 bits per heavy atom. The van der Waals surface area contributed by atoms with Crippen molar-refractivity contribution in [2.24, 2.45) is 0 Å². The molecular weight excluding hydrogens is 1170 g/mol. The molecule has 0 saturated carbocycles. The van der Waals surface area contributed by atoms with Gasteiger partial charge in [-0.05, 0) is 157 Å². The van der Waals surface area contributed by atoms with E-state index < -0.39 is 0 Å². The predicted molar refractivity (Wildman–Crippen MR) is 405 cm³/mol. The third-order valence-corrected chi connectivity index (χ3v) is 22.2. The summed E-state index contributed by atoms with van der Waals surface area (Å²) in [5.41, 5.74) is 27.4. The third-order valence-electron chi connectivity index (χ3n) is 19.8. The number of rotatable bonds is 10. The van der Waals surface area contributed by atoms with Crippen LogP contribution in [0.4, 0.5) is 34.1 Å². The van der Waals surface area contributed by atoms with Gasteiger partial charge in [-0.2, -0.15) is 0 Å². The monoisotopic (exact) mass is 1240 g/mol. The van der Waals surface area contributed by atoms with Crippen LogP contribution in [0.15, 0.2) is 328 Å². The van der Waals surface area contributed by atoms with E-state index in [4.69, 9.17) is 0 Å². The van der Waals surface area contributed by atoms with Crippen LogP contribution in [-0.4, -0.2) is 0 Å². The fourth-order valence-electron chi connectivity index (χ4n) is 15.0. The van der Waals surface area contributed by atoms with Crippen LogP contribution in [0.25, 0.3) is 107 Å². The van der Waals surface area contributed by atoms with E-state index in [9.17, 15) is 0 Å². The first-order chi connectivity index (χ1) is 46.1. The molecule has 0 atom stereocenters. The van der Waals surface area contributed by atoms with Gasteiger partial charge in [0.1, 0.15) is 0 Å². The second kappa shape index (κ2) is 23.0. The lowest BCUT2D eigenvalue weighted by molar-refractivity contribution is 0.660. The molecule has 0 saturated heterocycles. The molecule has 2 aromatic heterocycles. The molecule has 0 fully saturated rings. The quantitative estimate of drug-likeness (QED) is 0.135. The fourth-order valence-corrected chi connectivity index (χ4v) is 17.5. The van der Waals surface area contributed by atoms with Crippen LogP contribution in [0.3, 0.4) is 0 Å². The lowest BCUT2D eigenvalue weighted by atomic mass is 9.82. The number of para-hydroxylation sites is 1.